The zero-order valence-corrected chi connectivity index (χ0v) is 16.5. The number of nitrogens with one attached hydrogen (secondary N) is 2. The molecular weight excluding hydrogens is 380 g/mol. The summed E-state index contributed by atoms with van der Waals surface area (Å²) in [6.45, 7) is 2.81. The Hall–Kier alpha value is -2.54. The van der Waals surface area contributed by atoms with Gasteiger partial charge in [0.1, 0.15) is 18.1 Å². The molecule has 3 aromatic rings. The highest BCUT2D eigenvalue weighted by molar-refractivity contribution is 6.30. The highest BCUT2D eigenvalue weighted by atomic mass is 35.5. The third kappa shape index (κ3) is 5.04. The number of halogens is 1. The minimum Gasteiger partial charge on any atom is -0.492 e. The van der Waals surface area contributed by atoms with Crippen molar-refractivity contribution in [2.45, 2.75) is 19.1 Å². The lowest BCUT2D eigenvalue weighted by Crippen LogP contribution is -2.34. The minimum atomic E-state index is -0.644. The first-order chi connectivity index (χ1) is 13.5. The number of H-pyrrole nitrogens is 1. The van der Waals surface area contributed by atoms with E-state index in [0.29, 0.717) is 29.6 Å². The highest BCUT2D eigenvalue weighted by Gasteiger charge is 2.12. The summed E-state index contributed by atoms with van der Waals surface area (Å²) in [6.07, 6.45) is -0.644. The number of aromatic nitrogens is 1. The molecule has 28 heavy (non-hydrogen) atoms. The van der Waals surface area contributed by atoms with Crippen LogP contribution in [-0.4, -0.2) is 42.4 Å². The number of benzene rings is 2. The molecule has 1 heterocycles. The Morgan fingerprint density at radius 2 is 2.07 bits per heavy atom. The third-order valence-corrected chi connectivity index (χ3v) is 4.63. The first-order valence-electron chi connectivity index (χ1n) is 8.97. The molecule has 0 saturated carbocycles. The number of esters is 1. The van der Waals surface area contributed by atoms with Crippen molar-refractivity contribution >= 4 is 28.5 Å². The van der Waals surface area contributed by atoms with E-state index in [4.69, 9.17) is 21.1 Å². The number of carbonyl (C=O) groups excluding carboxylic acids is 1. The van der Waals surface area contributed by atoms with Crippen LogP contribution in [0.3, 0.4) is 0 Å². The fraction of sp³-hybridized carbons (Fsp3) is 0.286. The van der Waals surface area contributed by atoms with Gasteiger partial charge in [0.15, 0.2) is 0 Å². The van der Waals surface area contributed by atoms with Gasteiger partial charge >= 0.3 is 5.97 Å². The van der Waals surface area contributed by atoms with Gasteiger partial charge in [0.25, 0.3) is 0 Å². The summed E-state index contributed by atoms with van der Waals surface area (Å²) in [6, 6.07) is 14.5. The van der Waals surface area contributed by atoms with Gasteiger partial charge in [0, 0.05) is 28.5 Å². The third-order valence-electron chi connectivity index (χ3n) is 4.39. The van der Waals surface area contributed by atoms with Crippen LogP contribution in [0.1, 0.15) is 29.1 Å². The average Bonchev–Trinajstić information content (AvgIpc) is 3.13. The van der Waals surface area contributed by atoms with Gasteiger partial charge < -0.3 is 24.9 Å². The van der Waals surface area contributed by atoms with Crippen LogP contribution >= 0.6 is 11.6 Å². The quantitative estimate of drug-likeness (QED) is 0.500. The average molecular weight is 403 g/mol. The van der Waals surface area contributed by atoms with Crippen LogP contribution in [0.4, 0.5) is 0 Å². The van der Waals surface area contributed by atoms with Crippen LogP contribution in [0.15, 0.2) is 48.5 Å². The van der Waals surface area contributed by atoms with E-state index >= 15 is 0 Å². The van der Waals surface area contributed by atoms with Gasteiger partial charge in [-0.2, -0.15) is 0 Å². The van der Waals surface area contributed by atoms with E-state index in [2.05, 4.69) is 10.3 Å². The summed E-state index contributed by atoms with van der Waals surface area (Å²) >= 11 is 5.96. The van der Waals surface area contributed by atoms with E-state index in [1.807, 2.05) is 37.3 Å². The van der Waals surface area contributed by atoms with Crippen molar-refractivity contribution in [3.8, 4) is 5.75 Å². The Morgan fingerprint density at radius 1 is 1.25 bits per heavy atom. The van der Waals surface area contributed by atoms with Gasteiger partial charge in [-0.1, -0.05) is 23.7 Å². The van der Waals surface area contributed by atoms with Crippen molar-refractivity contribution < 1.29 is 19.4 Å². The molecular formula is C21H23ClN2O4. The molecule has 2 aromatic carbocycles. The molecule has 0 spiro atoms. The van der Waals surface area contributed by atoms with Gasteiger partial charge in [0.05, 0.1) is 13.2 Å². The van der Waals surface area contributed by atoms with Gasteiger partial charge in [-0.25, -0.2) is 4.79 Å². The van der Waals surface area contributed by atoms with E-state index in [9.17, 15) is 9.90 Å². The van der Waals surface area contributed by atoms with Crippen LogP contribution in [0, 0.1) is 0 Å². The number of aliphatic hydroxyl groups excluding tert-OH is 1. The molecule has 0 amide bonds. The predicted molar refractivity (Wildman–Crippen MR) is 109 cm³/mol. The lowest BCUT2D eigenvalue weighted by molar-refractivity contribution is 0.0595. The molecule has 2 atom stereocenters. The summed E-state index contributed by atoms with van der Waals surface area (Å²) in [7, 11) is 1.35. The Bertz CT molecular complexity index is 956. The summed E-state index contributed by atoms with van der Waals surface area (Å²) in [5, 5.41) is 15.0. The number of aliphatic hydroxyl groups is 1. The summed E-state index contributed by atoms with van der Waals surface area (Å²) in [5.41, 5.74) is 2.01. The maximum atomic E-state index is 11.6. The largest absolute Gasteiger partial charge is 0.492 e. The molecule has 7 heteroatoms. The Labute approximate surface area is 168 Å². The van der Waals surface area contributed by atoms with Crippen molar-refractivity contribution in [3.05, 3.63) is 64.8 Å². The molecule has 2 unspecified atom stereocenters. The topological polar surface area (TPSA) is 83.6 Å². The number of carbonyl (C=O) groups is 1. The van der Waals surface area contributed by atoms with Crippen molar-refractivity contribution in [2.75, 3.05) is 20.3 Å². The second-order valence-corrected chi connectivity index (χ2v) is 7.05. The highest BCUT2D eigenvalue weighted by Crippen LogP contribution is 2.22. The monoisotopic (exact) mass is 402 g/mol. The Morgan fingerprint density at radius 3 is 2.82 bits per heavy atom. The summed E-state index contributed by atoms with van der Waals surface area (Å²) < 4.78 is 10.6. The zero-order chi connectivity index (χ0) is 20.1. The first kappa shape index (κ1) is 20.2. The molecule has 0 radical (unpaired) electrons. The van der Waals surface area contributed by atoms with Crippen LogP contribution in [0.2, 0.25) is 5.02 Å². The Balaban J connectivity index is 1.52. The molecule has 1 aromatic heterocycles. The van der Waals surface area contributed by atoms with Gasteiger partial charge in [-0.05, 0) is 48.9 Å². The maximum absolute atomic E-state index is 11.6. The maximum Gasteiger partial charge on any atom is 0.354 e. The van der Waals surface area contributed by atoms with E-state index < -0.39 is 12.1 Å². The number of rotatable bonds is 8. The van der Waals surface area contributed by atoms with Crippen LogP contribution in [0.25, 0.3) is 10.9 Å². The lowest BCUT2D eigenvalue weighted by Gasteiger charge is -2.18. The van der Waals surface area contributed by atoms with E-state index in [1.54, 1.807) is 18.2 Å². The number of ether oxygens (including phenoxy) is 2. The first-order valence-corrected chi connectivity index (χ1v) is 9.35. The van der Waals surface area contributed by atoms with Crippen molar-refractivity contribution in [2.24, 2.45) is 0 Å². The van der Waals surface area contributed by atoms with E-state index in [1.165, 1.54) is 7.11 Å². The molecule has 0 aliphatic rings. The lowest BCUT2D eigenvalue weighted by atomic mass is 10.1. The minimum absolute atomic E-state index is 0.0291. The van der Waals surface area contributed by atoms with Crippen molar-refractivity contribution in [1.29, 1.82) is 0 Å². The van der Waals surface area contributed by atoms with E-state index in [0.717, 1.165) is 16.5 Å². The molecule has 0 aliphatic heterocycles. The fourth-order valence-electron chi connectivity index (χ4n) is 2.85. The molecule has 0 bridgehead atoms. The SMILES string of the molecule is COC(=O)c1cc2cc(OCC(C)NCC(O)c3cccc(Cl)c3)ccc2[nH]1. The molecule has 148 valence electrons. The van der Waals surface area contributed by atoms with Gasteiger partial charge in [-0.3, -0.25) is 0 Å². The van der Waals surface area contributed by atoms with Crippen LogP contribution in [0.5, 0.6) is 5.75 Å². The van der Waals surface area contributed by atoms with Crippen molar-refractivity contribution in [3.63, 3.8) is 0 Å². The molecule has 0 saturated heterocycles. The normalized spacial score (nSPS) is 13.3. The molecule has 0 fully saturated rings. The van der Waals surface area contributed by atoms with Crippen LogP contribution < -0.4 is 10.1 Å². The number of methoxy groups -OCH3 is 1. The predicted octanol–water partition coefficient (Wildman–Crippen LogP) is 3.70. The Kier molecular flexibility index (Phi) is 6.57. The molecule has 3 N–H and O–H groups in total. The van der Waals surface area contributed by atoms with Crippen LogP contribution in [-0.2, 0) is 4.74 Å². The summed E-state index contributed by atoms with van der Waals surface area (Å²) in [4.78, 5) is 14.6. The zero-order valence-electron chi connectivity index (χ0n) is 15.7. The molecule has 3 rings (SSSR count). The van der Waals surface area contributed by atoms with E-state index in [-0.39, 0.29) is 6.04 Å². The van der Waals surface area contributed by atoms with Gasteiger partial charge in [-0.15, -0.1) is 0 Å². The fourth-order valence-corrected chi connectivity index (χ4v) is 3.04. The molecule has 0 aliphatic carbocycles. The van der Waals surface area contributed by atoms with Crippen molar-refractivity contribution in [1.82, 2.24) is 10.3 Å². The number of hydrogen-bond donors (Lipinski definition) is 3. The number of aromatic amines is 1. The number of fused-ring (bicyclic) bond motifs is 1. The smallest absolute Gasteiger partial charge is 0.354 e. The summed E-state index contributed by atoms with van der Waals surface area (Å²) in [5.74, 6) is 0.293. The second-order valence-electron chi connectivity index (χ2n) is 6.61. The van der Waals surface area contributed by atoms with Gasteiger partial charge in [0.2, 0.25) is 0 Å². The standard InChI is InChI=1S/C21H23ClN2O4/c1-13(23-11-20(25)14-4-3-5-16(22)8-14)12-28-17-6-7-18-15(9-17)10-19(24-18)21(26)27-2/h3-10,13,20,23-25H,11-12H2,1-2H3. The number of hydrogen-bond acceptors (Lipinski definition) is 5. The molecule has 6 nitrogen and oxygen atoms in total. The second kappa shape index (κ2) is 9.10.